The molecule has 0 radical (unpaired) electrons. The van der Waals surface area contributed by atoms with Gasteiger partial charge in [-0.2, -0.15) is 0 Å². The summed E-state index contributed by atoms with van der Waals surface area (Å²) in [5.41, 5.74) is 2.82. The maximum Gasteiger partial charge on any atom is 0.0207 e. The van der Waals surface area contributed by atoms with E-state index in [0.717, 1.165) is 5.33 Å². The van der Waals surface area contributed by atoms with Gasteiger partial charge in [0.05, 0.1) is 0 Å². The zero-order chi connectivity index (χ0) is 9.84. The van der Waals surface area contributed by atoms with Gasteiger partial charge in [0.25, 0.3) is 0 Å². The van der Waals surface area contributed by atoms with Gasteiger partial charge in [-0.1, -0.05) is 50.9 Å². The molecule has 0 aromatic heterocycles. The van der Waals surface area contributed by atoms with Crippen molar-refractivity contribution in [3.63, 3.8) is 0 Å². The van der Waals surface area contributed by atoms with Crippen LogP contribution in [0.15, 0.2) is 22.7 Å². The second-order valence-corrected chi connectivity index (χ2v) is 4.98. The smallest absolute Gasteiger partial charge is 0.0207 e. The predicted octanol–water partition coefficient (Wildman–Crippen LogP) is 4.65. The van der Waals surface area contributed by atoms with Crippen LogP contribution in [0, 0.1) is 6.92 Å². The highest BCUT2D eigenvalue weighted by atomic mass is 79.9. The number of rotatable bonds is 3. The van der Waals surface area contributed by atoms with Crippen molar-refractivity contribution in [2.75, 3.05) is 5.33 Å². The van der Waals surface area contributed by atoms with Crippen LogP contribution in [-0.4, -0.2) is 5.33 Å². The molecule has 0 saturated heterocycles. The van der Waals surface area contributed by atoms with Gasteiger partial charge in [0, 0.05) is 9.80 Å². The Kier molecular flexibility index (Phi) is 4.47. The van der Waals surface area contributed by atoms with Gasteiger partial charge < -0.3 is 0 Å². The van der Waals surface area contributed by atoms with Crippen molar-refractivity contribution in [3.8, 4) is 0 Å². The minimum absolute atomic E-state index is 0.636. The van der Waals surface area contributed by atoms with E-state index in [0.29, 0.717) is 5.92 Å². The Morgan fingerprint density at radius 2 is 2.08 bits per heavy atom. The first-order valence-corrected chi connectivity index (χ1v) is 6.39. The maximum absolute atomic E-state index is 3.55. The third-order valence-electron chi connectivity index (χ3n) is 2.38. The van der Waals surface area contributed by atoms with Crippen LogP contribution in [0.25, 0.3) is 0 Å². The summed E-state index contributed by atoms with van der Waals surface area (Å²) in [6.45, 7) is 4.44. The molecule has 0 spiro atoms. The third kappa shape index (κ3) is 2.81. The molecule has 0 heterocycles. The van der Waals surface area contributed by atoms with Crippen molar-refractivity contribution in [1.82, 2.24) is 0 Å². The summed E-state index contributed by atoms with van der Waals surface area (Å²) in [6, 6.07) is 6.42. The molecule has 1 aromatic carbocycles. The average Bonchev–Trinajstić information content (AvgIpc) is 2.10. The van der Waals surface area contributed by atoms with E-state index in [4.69, 9.17) is 0 Å². The molecular formula is C11H14Br2. The van der Waals surface area contributed by atoms with E-state index in [1.54, 1.807) is 0 Å². The Hall–Kier alpha value is 0.180. The Morgan fingerprint density at radius 3 is 2.69 bits per heavy atom. The van der Waals surface area contributed by atoms with Crippen LogP contribution >= 0.6 is 31.9 Å². The summed E-state index contributed by atoms with van der Waals surface area (Å²) in [5.74, 6) is 0.636. The summed E-state index contributed by atoms with van der Waals surface area (Å²) in [7, 11) is 0. The molecular weight excluding hydrogens is 292 g/mol. The third-order valence-corrected chi connectivity index (χ3v) is 3.70. The van der Waals surface area contributed by atoms with Gasteiger partial charge in [0.2, 0.25) is 0 Å². The molecule has 2 heteroatoms. The fraction of sp³-hybridized carbons (Fsp3) is 0.455. The van der Waals surface area contributed by atoms with Gasteiger partial charge in [-0.25, -0.2) is 0 Å². The molecule has 72 valence electrons. The molecule has 0 aliphatic heterocycles. The van der Waals surface area contributed by atoms with E-state index in [-0.39, 0.29) is 0 Å². The minimum Gasteiger partial charge on any atom is -0.0928 e. The average molecular weight is 306 g/mol. The monoisotopic (exact) mass is 304 g/mol. The highest BCUT2D eigenvalue weighted by molar-refractivity contribution is 9.10. The zero-order valence-corrected chi connectivity index (χ0v) is 11.2. The molecule has 1 rings (SSSR count). The molecule has 0 aliphatic rings. The largest absolute Gasteiger partial charge is 0.0928 e. The van der Waals surface area contributed by atoms with Crippen molar-refractivity contribution in [2.24, 2.45) is 0 Å². The van der Waals surface area contributed by atoms with E-state index in [1.807, 2.05) is 0 Å². The first-order valence-electron chi connectivity index (χ1n) is 4.47. The van der Waals surface area contributed by atoms with Crippen LogP contribution in [0.3, 0.4) is 0 Å². The van der Waals surface area contributed by atoms with Crippen LogP contribution in [0.4, 0.5) is 0 Å². The highest BCUT2D eigenvalue weighted by Crippen LogP contribution is 2.27. The van der Waals surface area contributed by atoms with Crippen molar-refractivity contribution in [1.29, 1.82) is 0 Å². The number of alkyl halides is 1. The van der Waals surface area contributed by atoms with Gasteiger partial charge in [-0.3, -0.25) is 0 Å². The Bertz CT molecular complexity index is 281. The molecule has 13 heavy (non-hydrogen) atoms. The second kappa shape index (κ2) is 5.16. The molecule has 0 bridgehead atoms. The first kappa shape index (κ1) is 11.3. The van der Waals surface area contributed by atoms with Crippen molar-refractivity contribution in [2.45, 2.75) is 26.2 Å². The number of hydrogen-bond acceptors (Lipinski definition) is 0. The molecule has 1 aromatic rings. The second-order valence-electron chi connectivity index (χ2n) is 3.33. The van der Waals surface area contributed by atoms with E-state index in [2.05, 4.69) is 63.9 Å². The molecule has 0 N–H and O–H groups in total. The number of benzene rings is 1. The minimum atomic E-state index is 0.636. The summed E-state index contributed by atoms with van der Waals surface area (Å²) in [6.07, 6.45) is 1.19. The van der Waals surface area contributed by atoms with Crippen LogP contribution in [0.5, 0.6) is 0 Å². The van der Waals surface area contributed by atoms with Crippen LogP contribution in [0.1, 0.15) is 30.4 Å². The lowest BCUT2D eigenvalue weighted by molar-refractivity contribution is 0.737. The Labute approximate surface area is 97.0 Å². The van der Waals surface area contributed by atoms with E-state index < -0.39 is 0 Å². The molecule has 0 amide bonds. The normalized spacial score (nSPS) is 12.9. The molecule has 0 aliphatic carbocycles. The van der Waals surface area contributed by atoms with E-state index in [9.17, 15) is 0 Å². The summed E-state index contributed by atoms with van der Waals surface area (Å²) < 4.78 is 1.21. The Morgan fingerprint density at radius 1 is 1.38 bits per heavy atom. The standard InChI is InChI=1S/C11H14Br2/c1-8(6-7-12)10-4-3-5-11(13)9(10)2/h3-5,8H,6-7H2,1-2H3. The van der Waals surface area contributed by atoms with Gasteiger partial charge >= 0.3 is 0 Å². The molecule has 1 unspecified atom stereocenters. The van der Waals surface area contributed by atoms with Gasteiger partial charge in [-0.15, -0.1) is 0 Å². The fourth-order valence-electron chi connectivity index (χ4n) is 1.48. The Balaban J connectivity index is 2.93. The molecule has 0 nitrogen and oxygen atoms in total. The molecule has 0 fully saturated rings. The maximum atomic E-state index is 3.55. The SMILES string of the molecule is Cc1c(Br)cccc1C(C)CCBr. The van der Waals surface area contributed by atoms with E-state index >= 15 is 0 Å². The van der Waals surface area contributed by atoms with E-state index in [1.165, 1.54) is 22.0 Å². The lowest BCUT2D eigenvalue weighted by Gasteiger charge is -2.14. The summed E-state index contributed by atoms with van der Waals surface area (Å²) in [4.78, 5) is 0. The fourth-order valence-corrected chi connectivity index (χ4v) is 2.55. The summed E-state index contributed by atoms with van der Waals surface area (Å²) in [5, 5.41) is 1.07. The van der Waals surface area contributed by atoms with Crippen LogP contribution < -0.4 is 0 Å². The first-order chi connectivity index (χ1) is 6.16. The van der Waals surface area contributed by atoms with Crippen LogP contribution in [0.2, 0.25) is 0 Å². The summed E-state index contributed by atoms with van der Waals surface area (Å²) >= 11 is 7.03. The van der Waals surface area contributed by atoms with Crippen molar-refractivity contribution in [3.05, 3.63) is 33.8 Å². The number of hydrogen-bond donors (Lipinski definition) is 0. The topological polar surface area (TPSA) is 0 Å². The lowest BCUT2D eigenvalue weighted by atomic mass is 9.95. The molecule has 0 saturated carbocycles. The van der Waals surface area contributed by atoms with Crippen molar-refractivity contribution >= 4 is 31.9 Å². The predicted molar refractivity (Wildman–Crippen MR) is 65.7 cm³/mol. The molecule has 1 atom stereocenters. The van der Waals surface area contributed by atoms with Gasteiger partial charge in [-0.05, 0) is 36.5 Å². The van der Waals surface area contributed by atoms with Gasteiger partial charge in [0.15, 0.2) is 0 Å². The lowest BCUT2D eigenvalue weighted by Crippen LogP contribution is -1.97. The quantitative estimate of drug-likeness (QED) is 0.713. The van der Waals surface area contributed by atoms with Crippen molar-refractivity contribution < 1.29 is 0 Å². The van der Waals surface area contributed by atoms with Crippen LogP contribution in [-0.2, 0) is 0 Å². The van der Waals surface area contributed by atoms with Gasteiger partial charge in [0.1, 0.15) is 0 Å². The highest BCUT2D eigenvalue weighted by Gasteiger charge is 2.08. The number of halogens is 2. The zero-order valence-electron chi connectivity index (χ0n) is 7.98.